The van der Waals surface area contributed by atoms with E-state index in [1.165, 1.54) is 6.42 Å². The van der Waals surface area contributed by atoms with Crippen molar-refractivity contribution in [2.75, 3.05) is 6.61 Å². The largest absolute Gasteiger partial charge is 0.481 e. The van der Waals surface area contributed by atoms with Gasteiger partial charge >= 0.3 is 11.9 Å². The fraction of sp³-hybridized carbons (Fsp3) is 0.778. The van der Waals surface area contributed by atoms with E-state index < -0.39 is 65.3 Å². The molecule has 1 saturated heterocycles. The molecule has 11 atom stereocenters. The number of Topliss-reactive ketones (excluding diaryl/α,β-unsaturated/α-hetero) is 1. The predicted molar refractivity (Wildman–Crippen MR) is 164 cm³/mol. The first-order chi connectivity index (χ1) is 21.3. The van der Waals surface area contributed by atoms with E-state index in [4.69, 9.17) is 14.2 Å². The first kappa shape index (κ1) is 32.6. The van der Waals surface area contributed by atoms with Crippen LogP contribution in [0, 0.1) is 46.3 Å². The van der Waals surface area contributed by atoms with Gasteiger partial charge in [-0.15, -0.1) is 0 Å². The fourth-order valence-corrected chi connectivity index (χ4v) is 10.3. The van der Waals surface area contributed by atoms with Gasteiger partial charge in [0.1, 0.15) is 0 Å². The number of hydrogen-bond donors (Lipinski definition) is 2. The lowest BCUT2D eigenvalue weighted by Crippen LogP contribution is -2.63. The highest BCUT2D eigenvalue weighted by molar-refractivity contribution is 6.01. The van der Waals surface area contributed by atoms with Gasteiger partial charge in [-0.1, -0.05) is 58.6 Å². The Hall–Kier alpha value is -2.36. The smallest absolute Gasteiger partial charge is 0.309 e. The Morgan fingerprint density at radius 1 is 1.07 bits per heavy atom. The third kappa shape index (κ3) is 5.25. The number of hydrogen-bond acceptors (Lipinski definition) is 8. The zero-order valence-electron chi connectivity index (χ0n) is 27.2. The lowest BCUT2D eigenvalue weighted by atomic mass is 9.46. The molecule has 5 fully saturated rings. The maximum absolute atomic E-state index is 14.5. The van der Waals surface area contributed by atoms with Crippen molar-refractivity contribution in [1.29, 1.82) is 0 Å². The van der Waals surface area contributed by atoms with Crippen LogP contribution in [0.15, 0.2) is 23.8 Å². The lowest BCUT2D eigenvalue weighted by Gasteiger charge is -2.59. The molecular formula is C36H50O9. The highest BCUT2D eigenvalue weighted by atomic mass is 16.7. The normalized spacial score (nSPS) is 42.1. The van der Waals surface area contributed by atoms with E-state index in [0.29, 0.717) is 25.7 Å². The third-order valence-corrected chi connectivity index (χ3v) is 12.9. The number of carboxylic acids is 1. The van der Waals surface area contributed by atoms with Crippen molar-refractivity contribution in [2.24, 2.45) is 46.3 Å². The van der Waals surface area contributed by atoms with Crippen molar-refractivity contribution < 1.29 is 43.6 Å². The molecule has 0 radical (unpaired) electrons. The molecule has 2 unspecified atom stereocenters. The third-order valence-electron chi connectivity index (χ3n) is 12.9. The monoisotopic (exact) mass is 626 g/mol. The molecule has 9 heteroatoms. The van der Waals surface area contributed by atoms with Gasteiger partial charge in [0.05, 0.1) is 24.0 Å². The number of aliphatic carboxylic acids is 1. The Morgan fingerprint density at radius 3 is 2.49 bits per heavy atom. The number of aliphatic hydroxyl groups excluding tert-OH is 1. The van der Waals surface area contributed by atoms with Crippen molar-refractivity contribution in [2.45, 2.75) is 122 Å². The number of esters is 1. The molecule has 0 bridgehead atoms. The molecule has 6 aliphatic rings. The molecule has 0 spiro atoms. The maximum atomic E-state index is 14.5. The molecular weight excluding hydrogens is 576 g/mol. The van der Waals surface area contributed by atoms with Crippen molar-refractivity contribution in [1.82, 2.24) is 0 Å². The number of ether oxygens (including phenoxy) is 3. The van der Waals surface area contributed by atoms with Crippen molar-refractivity contribution in [3.63, 3.8) is 0 Å². The van der Waals surface area contributed by atoms with Crippen LogP contribution in [0.1, 0.15) is 98.3 Å². The number of ketones is 2. The summed E-state index contributed by atoms with van der Waals surface area (Å²) in [6.07, 6.45) is 12.2. The number of carbonyl (C=O) groups is 4. The summed E-state index contributed by atoms with van der Waals surface area (Å²) >= 11 is 0. The summed E-state index contributed by atoms with van der Waals surface area (Å²) < 4.78 is 19.3. The number of carboxylic acid groups (broad SMARTS) is 1. The molecule has 45 heavy (non-hydrogen) atoms. The van der Waals surface area contributed by atoms with Gasteiger partial charge in [0.2, 0.25) is 5.78 Å². The Balaban J connectivity index is 1.26. The molecule has 0 amide bonds. The molecule has 1 aliphatic heterocycles. The summed E-state index contributed by atoms with van der Waals surface area (Å²) in [5.74, 6) is -2.62. The molecule has 0 aromatic heterocycles. The molecule has 5 aliphatic carbocycles. The fourth-order valence-electron chi connectivity index (χ4n) is 10.3. The highest BCUT2D eigenvalue weighted by Gasteiger charge is 2.76. The van der Waals surface area contributed by atoms with Crippen LogP contribution in [-0.4, -0.2) is 64.4 Å². The zero-order chi connectivity index (χ0) is 32.3. The predicted octanol–water partition coefficient (Wildman–Crippen LogP) is 5.18. The van der Waals surface area contributed by atoms with Gasteiger partial charge in [0.15, 0.2) is 24.3 Å². The first-order valence-electron chi connectivity index (χ1n) is 17.2. The molecule has 6 rings (SSSR count). The summed E-state index contributed by atoms with van der Waals surface area (Å²) in [5.41, 5.74) is -1.43. The van der Waals surface area contributed by atoms with E-state index in [0.717, 1.165) is 44.1 Å². The van der Waals surface area contributed by atoms with Crippen LogP contribution in [0.3, 0.4) is 0 Å². The summed E-state index contributed by atoms with van der Waals surface area (Å²) in [4.78, 5) is 50.9. The molecule has 1 heterocycles. The van der Waals surface area contributed by atoms with Gasteiger partial charge in [0.25, 0.3) is 0 Å². The molecule has 0 aromatic carbocycles. The first-order valence-corrected chi connectivity index (χ1v) is 17.2. The second-order valence-corrected chi connectivity index (χ2v) is 15.4. The van der Waals surface area contributed by atoms with Gasteiger partial charge in [-0.05, 0) is 75.4 Å². The molecule has 2 N–H and O–H groups in total. The lowest BCUT2D eigenvalue weighted by molar-refractivity contribution is -0.210. The van der Waals surface area contributed by atoms with E-state index in [1.54, 1.807) is 26.0 Å². The van der Waals surface area contributed by atoms with Crippen LogP contribution < -0.4 is 0 Å². The zero-order valence-corrected chi connectivity index (χ0v) is 27.2. The maximum Gasteiger partial charge on any atom is 0.309 e. The Kier molecular flexibility index (Phi) is 8.70. The molecule has 0 aromatic rings. The van der Waals surface area contributed by atoms with E-state index in [9.17, 15) is 29.4 Å². The molecule has 4 saturated carbocycles. The van der Waals surface area contributed by atoms with Crippen LogP contribution in [0.2, 0.25) is 0 Å². The molecule has 9 nitrogen and oxygen atoms in total. The van der Waals surface area contributed by atoms with Gasteiger partial charge in [-0.25, -0.2) is 0 Å². The van der Waals surface area contributed by atoms with Crippen LogP contribution in [0.5, 0.6) is 0 Å². The van der Waals surface area contributed by atoms with Gasteiger partial charge in [-0.3, -0.25) is 19.2 Å². The van der Waals surface area contributed by atoms with Gasteiger partial charge in [0, 0.05) is 22.7 Å². The summed E-state index contributed by atoms with van der Waals surface area (Å²) in [7, 11) is 0. The van der Waals surface area contributed by atoms with Gasteiger partial charge < -0.3 is 24.4 Å². The summed E-state index contributed by atoms with van der Waals surface area (Å²) in [6, 6.07) is 0. The van der Waals surface area contributed by atoms with Crippen molar-refractivity contribution in [3.8, 4) is 0 Å². The van der Waals surface area contributed by atoms with E-state index in [2.05, 4.69) is 13.8 Å². The number of fused-ring (bicyclic) bond motifs is 7. The quantitative estimate of drug-likeness (QED) is 0.332. The van der Waals surface area contributed by atoms with Crippen molar-refractivity contribution >= 4 is 23.5 Å². The highest BCUT2D eigenvalue weighted by Crippen LogP contribution is 2.70. The minimum absolute atomic E-state index is 0.00757. The Labute approximate surface area is 266 Å². The van der Waals surface area contributed by atoms with Crippen molar-refractivity contribution in [3.05, 3.63) is 23.8 Å². The van der Waals surface area contributed by atoms with Crippen LogP contribution in [-0.2, 0) is 33.4 Å². The second kappa shape index (κ2) is 12.0. The minimum atomic E-state index is -1.34. The number of rotatable bonds is 9. The van der Waals surface area contributed by atoms with Crippen LogP contribution >= 0.6 is 0 Å². The average Bonchev–Trinajstić information content (AvgIpc) is 3.52. The minimum Gasteiger partial charge on any atom is -0.481 e. The second-order valence-electron chi connectivity index (χ2n) is 15.4. The van der Waals surface area contributed by atoms with E-state index >= 15 is 0 Å². The van der Waals surface area contributed by atoms with E-state index in [1.807, 2.05) is 6.08 Å². The summed E-state index contributed by atoms with van der Waals surface area (Å²) in [5, 5.41) is 21.2. The van der Waals surface area contributed by atoms with Gasteiger partial charge in [-0.2, -0.15) is 0 Å². The van der Waals surface area contributed by atoms with Crippen LogP contribution in [0.4, 0.5) is 0 Å². The number of aliphatic hydroxyl groups is 1. The number of carbonyl (C=O) groups excluding carboxylic acids is 3. The average molecular weight is 627 g/mol. The van der Waals surface area contributed by atoms with E-state index in [-0.39, 0.29) is 35.2 Å². The Bertz CT molecular complexity index is 1280. The number of allylic oxidation sites excluding steroid dienone is 4. The standard InChI is InChI=1S/C36H50O9/c1-20(31(40)41)10-11-21(2)32(42)43-19-28(39)36-29(44-33(45-36)22-8-6-5-7-9-22)17-26-25-13-12-23-16-24(37)14-15-34(23,3)30(25)27(38)18-35(26,36)4/h14-16,20-22,25-27,29-30,33,38H,5-13,17-19H2,1-4H3,(H,40,41)/t20?,21?,25-,26-,27-,29+,30+,33+,34-,35-,36+/m0/s1. The molecule has 248 valence electrons. The Morgan fingerprint density at radius 2 is 1.78 bits per heavy atom. The topological polar surface area (TPSA) is 136 Å². The SMILES string of the molecule is CC(CCC(C)C(=O)OCC(=O)[C@@]12O[C@H](C3CCCCC3)O[C@@H]1C[C@H]1[C@@H]3CCC4=CC(=O)C=C[C@]4(C)[C@H]3[C@@H](O)C[C@@]12C)C(=O)O. The summed E-state index contributed by atoms with van der Waals surface area (Å²) in [6.45, 7) is 7.06. The van der Waals surface area contributed by atoms with Crippen LogP contribution in [0.25, 0.3) is 0 Å².